The molecule has 2 unspecified atom stereocenters. The van der Waals surface area contributed by atoms with Crippen LogP contribution in [0.25, 0.3) is 0 Å². The Kier molecular flexibility index (Phi) is 6.82. The van der Waals surface area contributed by atoms with E-state index in [1.165, 1.54) is 11.1 Å². The fourth-order valence-corrected chi connectivity index (χ4v) is 3.01. The Morgan fingerprint density at radius 3 is 1.26 bits per heavy atom. The second-order valence-corrected chi connectivity index (χ2v) is 6.80. The quantitative estimate of drug-likeness (QED) is 0.728. The van der Waals surface area contributed by atoms with Crippen LogP contribution in [-0.2, 0) is 0 Å². The van der Waals surface area contributed by atoms with Crippen LogP contribution in [0.1, 0.15) is 57.3 Å². The van der Waals surface area contributed by atoms with Gasteiger partial charge in [0.05, 0.1) is 0 Å². The Labute approximate surface area is 141 Å². The summed E-state index contributed by atoms with van der Waals surface area (Å²) in [5, 5.41) is 7.46. The molecule has 0 fully saturated rings. The molecule has 0 heterocycles. The Morgan fingerprint density at radius 2 is 0.957 bits per heavy atom. The summed E-state index contributed by atoms with van der Waals surface area (Å²) in [7, 11) is 0. The lowest BCUT2D eigenvalue weighted by Crippen LogP contribution is -2.34. The lowest BCUT2D eigenvalue weighted by atomic mass is 9.93. The molecular formula is C21H30N2. The molecule has 0 aliphatic rings. The van der Waals surface area contributed by atoms with E-state index in [0.717, 1.165) is 6.42 Å². The molecular weight excluding hydrogens is 280 g/mol. The summed E-state index contributed by atoms with van der Waals surface area (Å²) in [6.45, 7) is 8.85. The first-order valence-electron chi connectivity index (χ1n) is 8.68. The molecule has 0 amide bonds. The van der Waals surface area contributed by atoms with Gasteiger partial charge in [0.2, 0.25) is 0 Å². The van der Waals surface area contributed by atoms with Gasteiger partial charge in [0, 0.05) is 24.2 Å². The van der Waals surface area contributed by atoms with E-state index in [1.807, 2.05) is 0 Å². The van der Waals surface area contributed by atoms with Gasteiger partial charge in [0.15, 0.2) is 0 Å². The highest BCUT2D eigenvalue weighted by Gasteiger charge is 2.20. The smallest absolute Gasteiger partial charge is 0.0340 e. The molecule has 2 atom stereocenters. The maximum atomic E-state index is 3.73. The average Bonchev–Trinajstić information content (AvgIpc) is 2.54. The van der Waals surface area contributed by atoms with E-state index in [-0.39, 0.29) is 0 Å². The first-order chi connectivity index (χ1) is 11.1. The Morgan fingerprint density at radius 1 is 0.609 bits per heavy atom. The Hall–Kier alpha value is -1.64. The van der Waals surface area contributed by atoms with Gasteiger partial charge < -0.3 is 10.6 Å². The molecule has 2 aromatic carbocycles. The normalized spacial score (nSPS) is 14.2. The first-order valence-corrected chi connectivity index (χ1v) is 8.68. The number of hydrogen-bond donors (Lipinski definition) is 2. The largest absolute Gasteiger partial charge is 0.308 e. The van der Waals surface area contributed by atoms with Gasteiger partial charge in [-0.2, -0.15) is 0 Å². The van der Waals surface area contributed by atoms with Gasteiger partial charge in [0.25, 0.3) is 0 Å². The first kappa shape index (κ1) is 17.7. The van der Waals surface area contributed by atoms with E-state index in [1.54, 1.807) is 0 Å². The molecule has 0 saturated heterocycles. The summed E-state index contributed by atoms with van der Waals surface area (Å²) in [5.41, 5.74) is 2.71. The summed E-state index contributed by atoms with van der Waals surface area (Å²) >= 11 is 0. The van der Waals surface area contributed by atoms with Crippen molar-refractivity contribution in [3.05, 3.63) is 71.8 Å². The molecule has 0 aliphatic heterocycles. The van der Waals surface area contributed by atoms with Crippen LogP contribution in [-0.4, -0.2) is 12.1 Å². The van der Waals surface area contributed by atoms with Crippen LogP contribution in [0.4, 0.5) is 0 Å². The van der Waals surface area contributed by atoms with E-state index in [4.69, 9.17) is 0 Å². The summed E-state index contributed by atoms with van der Waals surface area (Å²) in [4.78, 5) is 0. The van der Waals surface area contributed by atoms with Crippen LogP contribution in [0.3, 0.4) is 0 Å². The maximum absolute atomic E-state index is 3.73. The zero-order valence-corrected chi connectivity index (χ0v) is 14.8. The molecule has 2 heteroatoms. The molecule has 0 aliphatic carbocycles. The lowest BCUT2D eigenvalue weighted by molar-refractivity contribution is 0.367. The monoisotopic (exact) mass is 310 g/mol. The third-order valence-electron chi connectivity index (χ3n) is 3.94. The van der Waals surface area contributed by atoms with Gasteiger partial charge in [-0.15, -0.1) is 0 Å². The molecule has 2 rings (SSSR count). The molecule has 0 spiro atoms. The zero-order valence-electron chi connectivity index (χ0n) is 14.8. The van der Waals surface area contributed by atoms with Crippen molar-refractivity contribution in [2.45, 2.75) is 58.3 Å². The Bertz CT molecular complexity index is 497. The molecule has 2 aromatic rings. The lowest BCUT2D eigenvalue weighted by Gasteiger charge is -2.29. The third kappa shape index (κ3) is 5.81. The highest BCUT2D eigenvalue weighted by atomic mass is 15.0. The minimum absolute atomic E-state index is 0.340. The molecule has 2 nitrogen and oxygen atoms in total. The van der Waals surface area contributed by atoms with Crippen molar-refractivity contribution in [3.8, 4) is 0 Å². The molecule has 0 saturated carbocycles. The van der Waals surface area contributed by atoms with Gasteiger partial charge in [-0.1, -0.05) is 88.4 Å². The number of benzene rings is 2. The number of rotatable bonds is 8. The van der Waals surface area contributed by atoms with Crippen LogP contribution in [0.2, 0.25) is 0 Å². The molecule has 23 heavy (non-hydrogen) atoms. The van der Waals surface area contributed by atoms with Crippen molar-refractivity contribution >= 4 is 0 Å². The summed E-state index contributed by atoms with van der Waals surface area (Å²) in [5.74, 6) is 0. The Balaban J connectivity index is 2.22. The van der Waals surface area contributed by atoms with Crippen molar-refractivity contribution in [1.82, 2.24) is 10.6 Å². The van der Waals surface area contributed by atoms with Gasteiger partial charge in [0.1, 0.15) is 0 Å². The van der Waals surface area contributed by atoms with Gasteiger partial charge in [-0.05, 0) is 17.5 Å². The van der Waals surface area contributed by atoms with Gasteiger partial charge >= 0.3 is 0 Å². The highest BCUT2D eigenvalue weighted by molar-refractivity contribution is 5.23. The van der Waals surface area contributed by atoms with Crippen molar-refractivity contribution in [2.75, 3.05) is 0 Å². The summed E-state index contributed by atoms with van der Waals surface area (Å²) in [6, 6.07) is 23.1. The maximum Gasteiger partial charge on any atom is 0.0340 e. The minimum Gasteiger partial charge on any atom is -0.308 e. The number of nitrogens with one attached hydrogen (secondary N) is 2. The summed E-state index contributed by atoms with van der Waals surface area (Å²) in [6.07, 6.45) is 1.03. The van der Waals surface area contributed by atoms with Crippen LogP contribution < -0.4 is 10.6 Å². The van der Waals surface area contributed by atoms with E-state index in [2.05, 4.69) is 99.0 Å². The zero-order chi connectivity index (χ0) is 16.7. The molecule has 124 valence electrons. The number of hydrogen-bond acceptors (Lipinski definition) is 2. The second kappa shape index (κ2) is 8.85. The van der Waals surface area contributed by atoms with Crippen LogP contribution in [0.5, 0.6) is 0 Å². The van der Waals surface area contributed by atoms with Gasteiger partial charge in [-0.25, -0.2) is 0 Å². The van der Waals surface area contributed by atoms with Crippen molar-refractivity contribution in [1.29, 1.82) is 0 Å². The second-order valence-electron chi connectivity index (χ2n) is 6.80. The van der Waals surface area contributed by atoms with E-state index >= 15 is 0 Å². The standard InChI is InChI=1S/C21H30N2/c1-16(2)22-20(18-11-7-5-8-12-18)15-21(23-17(3)4)19-13-9-6-10-14-19/h5-14,16-17,20-23H,15H2,1-4H3. The minimum atomic E-state index is 0.340. The fraction of sp³-hybridized carbons (Fsp3) is 0.429. The SMILES string of the molecule is CC(C)NC(CC(NC(C)C)c1ccccc1)c1ccccc1. The van der Waals surface area contributed by atoms with Crippen LogP contribution >= 0.6 is 0 Å². The molecule has 0 aromatic heterocycles. The van der Waals surface area contributed by atoms with Gasteiger partial charge in [-0.3, -0.25) is 0 Å². The average molecular weight is 310 g/mol. The predicted octanol–water partition coefficient (Wildman–Crippen LogP) is 4.86. The van der Waals surface area contributed by atoms with Crippen molar-refractivity contribution in [2.24, 2.45) is 0 Å². The predicted molar refractivity (Wildman–Crippen MR) is 99.5 cm³/mol. The fourth-order valence-electron chi connectivity index (χ4n) is 3.01. The molecule has 0 radical (unpaired) electrons. The molecule has 0 bridgehead atoms. The van der Waals surface area contributed by atoms with E-state index in [9.17, 15) is 0 Å². The van der Waals surface area contributed by atoms with Crippen LogP contribution in [0.15, 0.2) is 60.7 Å². The topological polar surface area (TPSA) is 24.1 Å². The van der Waals surface area contributed by atoms with E-state index in [0.29, 0.717) is 24.2 Å². The third-order valence-corrected chi connectivity index (χ3v) is 3.94. The van der Waals surface area contributed by atoms with Crippen molar-refractivity contribution in [3.63, 3.8) is 0 Å². The molecule has 2 N–H and O–H groups in total. The van der Waals surface area contributed by atoms with Crippen molar-refractivity contribution < 1.29 is 0 Å². The summed E-state index contributed by atoms with van der Waals surface area (Å²) < 4.78 is 0. The van der Waals surface area contributed by atoms with E-state index < -0.39 is 0 Å². The van der Waals surface area contributed by atoms with Crippen LogP contribution in [0, 0.1) is 0 Å². The highest BCUT2D eigenvalue weighted by Crippen LogP contribution is 2.27.